The molecule has 22 heavy (non-hydrogen) atoms. The van der Waals surface area contributed by atoms with Gasteiger partial charge in [0.15, 0.2) is 17.9 Å². The number of rotatable bonds is 3. The van der Waals surface area contributed by atoms with Crippen LogP contribution >= 0.6 is 0 Å². The number of hydrogen-bond acceptors (Lipinski definition) is 7. The molecule has 0 spiro atoms. The summed E-state index contributed by atoms with van der Waals surface area (Å²) in [5.74, 6) is -1.86. The topological polar surface area (TPSA) is 72.5 Å². The Morgan fingerprint density at radius 1 is 1.09 bits per heavy atom. The Morgan fingerprint density at radius 3 is 2.41 bits per heavy atom. The Balaban J connectivity index is 1.76. The van der Waals surface area contributed by atoms with Crippen molar-refractivity contribution in [3.05, 3.63) is 0 Å². The zero-order chi connectivity index (χ0) is 16.1. The normalized spacial score (nSPS) is 42.3. The van der Waals surface area contributed by atoms with E-state index in [-0.39, 0.29) is 36.6 Å². The highest BCUT2D eigenvalue weighted by atomic mass is 16.8. The first-order valence-electron chi connectivity index (χ1n) is 7.60. The molecule has 0 aliphatic carbocycles. The summed E-state index contributed by atoms with van der Waals surface area (Å²) in [6.07, 6.45) is -1.20. The lowest BCUT2D eigenvalue weighted by Crippen LogP contribution is -2.40. The van der Waals surface area contributed by atoms with E-state index in [0.29, 0.717) is 6.61 Å². The number of fused-ring (bicyclic) bond motifs is 1. The van der Waals surface area contributed by atoms with E-state index in [1.54, 1.807) is 0 Å². The van der Waals surface area contributed by atoms with Crippen LogP contribution in [-0.2, 0) is 33.2 Å². The molecular formula is C15H24O7. The molecule has 3 fully saturated rings. The molecule has 0 amide bonds. The summed E-state index contributed by atoms with van der Waals surface area (Å²) >= 11 is 0. The molecule has 0 bridgehead atoms. The number of hydrogen-bond donors (Lipinski definition) is 0. The van der Waals surface area contributed by atoms with E-state index in [4.69, 9.17) is 28.4 Å². The van der Waals surface area contributed by atoms with Crippen LogP contribution in [0.25, 0.3) is 0 Å². The Kier molecular flexibility index (Phi) is 3.98. The minimum absolute atomic E-state index is 0.193. The van der Waals surface area contributed by atoms with Gasteiger partial charge in [0.25, 0.3) is 0 Å². The van der Waals surface area contributed by atoms with Gasteiger partial charge in [-0.3, -0.25) is 4.79 Å². The number of carbonyl (C=O) groups is 1. The molecule has 0 aromatic rings. The number of ether oxygens (including phenoxy) is 6. The first-order chi connectivity index (χ1) is 10.2. The second-order valence-corrected chi connectivity index (χ2v) is 6.88. The lowest BCUT2D eigenvalue weighted by molar-refractivity contribution is -0.227. The molecule has 0 aromatic carbocycles. The second-order valence-electron chi connectivity index (χ2n) is 6.88. The van der Waals surface area contributed by atoms with Gasteiger partial charge in [-0.05, 0) is 27.7 Å². The fourth-order valence-electron chi connectivity index (χ4n) is 3.34. The molecule has 3 aliphatic rings. The fraction of sp³-hybridized carbons (Fsp3) is 0.933. The van der Waals surface area contributed by atoms with Crippen LogP contribution in [0.15, 0.2) is 0 Å². The van der Waals surface area contributed by atoms with Crippen molar-refractivity contribution in [2.24, 2.45) is 5.92 Å². The molecule has 0 N–H and O–H groups in total. The van der Waals surface area contributed by atoms with Gasteiger partial charge in [0, 0.05) is 5.92 Å². The lowest BCUT2D eigenvalue weighted by atomic mass is 9.91. The molecule has 126 valence electrons. The lowest BCUT2D eigenvalue weighted by Gasteiger charge is -2.28. The van der Waals surface area contributed by atoms with E-state index in [9.17, 15) is 4.79 Å². The Hall–Kier alpha value is -0.730. The van der Waals surface area contributed by atoms with Crippen LogP contribution in [0.1, 0.15) is 34.1 Å². The quantitative estimate of drug-likeness (QED) is 0.724. The molecule has 3 saturated heterocycles. The highest BCUT2D eigenvalue weighted by molar-refractivity contribution is 5.69. The fourth-order valence-corrected chi connectivity index (χ4v) is 3.34. The van der Waals surface area contributed by atoms with Crippen molar-refractivity contribution < 1.29 is 33.2 Å². The van der Waals surface area contributed by atoms with Crippen LogP contribution in [0.2, 0.25) is 0 Å². The molecule has 0 saturated carbocycles. The van der Waals surface area contributed by atoms with Crippen LogP contribution < -0.4 is 0 Å². The van der Waals surface area contributed by atoms with Gasteiger partial charge in [-0.15, -0.1) is 0 Å². The van der Waals surface area contributed by atoms with E-state index in [1.807, 2.05) is 27.7 Å². The van der Waals surface area contributed by atoms with Crippen molar-refractivity contribution in [3.63, 3.8) is 0 Å². The third-order valence-corrected chi connectivity index (χ3v) is 4.25. The summed E-state index contributed by atoms with van der Waals surface area (Å²) in [5.41, 5.74) is 0. The van der Waals surface area contributed by atoms with Gasteiger partial charge >= 0.3 is 5.97 Å². The Morgan fingerprint density at radius 2 is 1.82 bits per heavy atom. The van der Waals surface area contributed by atoms with Gasteiger partial charge in [-0.2, -0.15) is 0 Å². The SMILES string of the molecule is COC(=O)C[C@H]1[C@H]2OC(C)(C)O[C@H]2O[C@@H]1[C@H]1COC(C)(C)O1. The minimum Gasteiger partial charge on any atom is -0.469 e. The summed E-state index contributed by atoms with van der Waals surface area (Å²) in [6.45, 7) is 7.79. The molecule has 0 aromatic heterocycles. The van der Waals surface area contributed by atoms with Crippen LogP contribution in [0.4, 0.5) is 0 Å². The van der Waals surface area contributed by atoms with E-state index in [2.05, 4.69) is 0 Å². The standard InChI is InChI=1S/C15H24O7/c1-14(2)18-7-9(20-14)11-8(6-10(16)17-5)12-13(19-11)22-15(3,4)21-12/h8-9,11-13H,6-7H2,1-5H3/t8-,9-,11+,12-,13-/m1/s1. The number of methoxy groups -OCH3 is 1. The monoisotopic (exact) mass is 316 g/mol. The maximum atomic E-state index is 11.8. The number of carbonyl (C=O) groups excluding carboxylic acids is 1. The Bertz CT molecular complexity index is 447. The molecule has 3 aliphatic heterocycles. The maximum absolute atomic E-state index is 11.8. The van der Waals surface area contributed by atoms with Gasteiger partial charge in [0.05, 0.1) is 26.2 Å². The maximum Gasteiger partial charge on any atom is 0.305 e. The van der Waals surface area contributed by atoms with Gasteiger partial charge in [-0.1, -0.05) is 0 Å². The predicted molar refractivity (Wildman–Crippen MR) is 73.7 cm³/mol. The molecule has 5 atom stereocenters. The molecule has 7 heteroatoms. The van der Waals surface area contributed by atoms with Gasteiger partial charge in [0.1, 0.15) is 12.2 Å². The zero-order valence-corrected chi connectivity index (χ0v) is 13.7. The Labute approximate surface area is 130 Å². The summed E-state index contributed by atoms with van der Waals surface area (Å²) in [7, 11) is 1.37. The molecular weight excluding hydrogens is 292 g/mol. The summed E-state index contributed by atoms with van der Waals surface area (Å²) in [5, 5.41) is 0. The van der Waals surface area contributed by atoms with Gasteiger partial charge in [0.2, 0.25) is 0 Å². The second kappa shape index (κ2) is 5.42. The summed E-state index contributed by atoms with van der Waals surface area (Å²) in [4.78, 5) is 11.8. The van der Waals surface area contributed by atoms with Crippen molar-refractivity contribution in [2.75, 3.05) is 13.7 Å². The van der Waals surface area contributed by atoms with Crippen molar-refractivity contribution >= 4 is 5.97 Å². The summed E-state index contributed by atoms with van der Waals surface area (Å²) < 4.78 is 34.0. The third kappa shape index (κ3) is 3.00. The number of esters is 1. The first kappa shape index (κ1) is 16.1. The van der Waals surface area contributed by atoms with Gasteiger partial charge < -0.3 is 28.4 Å². The average Bonchev–Trinajstić information content (AvgIpc) is 3.01. The van der Waals surface area contributed by atoms with Crippen molar-refractivity contribution in [3.8, 4) is 0 Å². The van der Waals surface area contributed by atoms with Crippen molar-refractivity contribution in [2.45, 2.75) is 70.3 Å². The van der Waals surface area contributed by atoms with Crippen LogP contribution in [-0.4, -0.2) is 55.9 Å². The van der Waals surface area contributed by atoms with Crippen LogP contribution in [0, 0.1) is 5.92 Å². The van der Waals surface area contributed by atoms with Gasteiger partial charge in [-0.25, -0.2) is 0 Å². The summed E-state index contributed by atoms with van der Waals surface area (Å²) in [6, 6.07) is 0. The third-order valence-electron chi connectivity index (χ3n) is 4.25. The average molecular weight is 316 g/mol. The highest BCUT2D eigenvalue weighted by Gasteiger charge is 2.58. The smallest absolute Gasteiger partial charge is 0.305 e. The molecule has 0 unspecified atom stereocenters. The molecule has 0 radical (unpaired) electrons. The molecule has 7 nitrogen and oxygen atoms in total. The van der Waals surface area contributed by atoms with Crippen molar-refractivity contribution in [1.29, 1.82) is 0 Å². The van der Waals surface area contributed by atoms with Crippen molar-refractivity contribution in [1.82, 2.24) is 0 Å². The molecule has 3 rings (SSSR count). The van der Waals surface area contributed by atoms with E-state index in [0.717, 1.165) is 0 Å². The predicted octanol–water partition coefficient (Wildman–Crippen LogP) is 1.19. The minimum atomic E-state index is -0.721. The largest absolute Gasteiger partial charge is 0.469 e. The first-order valence-corrected chi connectivity index (χ1v) is 7.60. The highest BCUT2D eigenvalue weighted by Crippen LogP contribution is 2.45. The van der Waals surface area contributed by atoms with E-state index < -0.39 is 17.9 Å². The van der Waals surface area contributed by atoms with Crippen LogP contribution in [0.3, 0.4) is 0 Å². The van der Waals surface area contributed by atoms with Crippen LogP contribution in [0.5, 0.6) is 0 Å². The van der Waals surface area contributed by atoms with E-state index >= 15 is 0 Å². The van der Waals surface area contributed by atoms with E-state index in [1.165, 1.54) is 7.11 Å². The zero-order valence-electron chi connectivity index (χ0n) is 13.7. The molecule has 3 heterocycles.